The quantitative estimate of drug-likeness (QED) is 0.367. The summed E-state index contributed by atoms with van der Waals surface area (Å²) in [6.45, 7) is 7.32. The number of hydrogen-bond donors (Lipinski definition) is 0. The molecule has 0 bridgehead atoms. The van der Waals surface area contributed by atoms with E-state index in [0.29, 0.717) is 28.3 Å². The van der Waals surface area contributed by atoms with Crippen molar-refractivity contribution < 1.29 is 9.53 Å². The van der Waals surface area contributed by atoms with Crippen LogP contribution < -0.4 is 4.74 Å². The van der Waals surface area contributed by atoms with E-state index in [1.165, 1.54) is 17.3 Å². The van der Waals surface area contributed by atoms with Gasteiger partial charge in [-0.1, -0.05) is 83.6 Å². The second-order valence-corrected chi connectivity index (χ2v) is 9.73. The molecule has 1 amide bonds. The number of nitrogens with zero attached hydrogens (tertiary/aromatic N) is 1. The molecule has 2 aromatic carbocycles. The molecule has 0 saturated carbocycles. The van der Waals surface area contributed by atoms with Gasteiger partial charge in [0.1, 0.15) is 16.7 Å². The average molecular weight is 476 g/mol. The zero-order valence-corrected chi connectivity index (χ0v) is 19.3. The molecule has 28 heavy (non-hydrogen) atoms. The molecule has 1 saturated heterocycles. The van der Waals surface area contributed by atoms with Crippen molar-refractivity contribution in [3.05, 3.63) is 68.5 Å². The zero-order valence-electron chi connectivity index (χ0n) is 16.1. The van der Waals surface area contributed by atoms with Gasteiger partial charge in [-0.25, -0.2) is 0 Å². The largest absolute Gasteiger partial charge is 0.488 e. The van der Waals surface area contributed by atoms with Crippen LogP contribution in [0.3, 0.4) is 0 Å². The molecule has 0 atom stereocenters. The minimum atomic E-state index is -0.0341. The first kappa shape index (κ1) is 21.1. The highest BCUT2D eigenvalue weighted by molar-refractivity contribution is 9.10. The van der Waals surface area contributed by atoms with Crippen LogP contribution in [0.25, 0.3) is 6.08 Å². The highest BCUT2D eigenvalue weighted by Gasteiger charge is 2.32. The number of ether oxygens (including phenoxy) is 1. The second kappa shape index (κ2) is 9.25. The van der Waals surface area contributed by atoms with Crippen LogP contribution >= 0.6 is 39.9 Å². The smallest absolute Gasteiger partial charge is 0.266 e. The summed E-state index contributed by atoms with van der Waals surface area (Å²) in [4.78, 5) is 15.1. The third-order valence-electron chi connectivity index (χ3n) is 4.19. The van der Waals surface area contributed by atoms with Crippen LogP contribution in [0.4, 0.5) is 0 Å². The number of rotatable bonds is 6. The van der Waals surface area contributed by atoms with Gasteiger partial charge in [0.15, 0.2) is 0 Å². The van der Waals surface area contributed by atoms with Gasteiger partial charge in [-0.05, 0) is 42.7 Å². The molecule has 0 N–H and O–H groups in total. The lowest BCUT2D eigenvalue weighted by atomic mass is 10.1. The highest BCUT2D eigenvalue weighted by Crippen LogP contribution is 2.35. The number of thiocarbonyl (C=S) groups is 1. The van der Waals surface area contributed by atoms with Crippen LogP contribution in [-0.4, -0.2) is 21.7 Å². The Kier molecular flexibility index (Phi) is 6.96. The van der Waals surface area contributed by atoms with Crippen molar-refractivity contribution in [2.24, 2.45) is 5.92 Å². The number of thioether (sulfide) groups is 1. The summed E-state index contributed by atoms with van der Waals surface area (Å²) in [7, 11) is 0. The zero-order chi connectivity index (χ0) is 20.3. The molecule has 1 aliphatic heterocycles. The first-order valence-electron chi connectivity index (χ1n) is 9.06. The number of benzene rings is 2. The fraction of sp³-hybridized carbons (Fsp3) is 0.273. The van der Waals surface area contributed by atoms with Crippen molar-refractivity contribution in [1.29, 1.82) is 0 Å². The Bertz CT molecular complexity index is 923. The summed E-state index contributed by atoms with van der Waals surface area (Å²) >= 11 is 10.3. The van der Waals surface area contributed by atoms with Gasteiger partial charge in [0.2, 0.25) is 0 Å². The van der Waals surface area contributed by atoms with E-state index in [2.05, 4.69) is 61.0 Å². The number of amides is 1. The van der Waals surface area contributed by atoms with Crippen LogP contribution in [0, 0.1) is 12.8 Å². The number of aryl methyl sites for hydroxylation is 1. The van der Waals surface area contributed by atoms with E-state index in [0.717, 1.165) is 21.3 Å². The molecule has 1 aliphatic rings. The van der Waals surface area contributed by atoms with Crippen LogP contribution in [-0.2, 0) is 11.4 Å². The third-order valence-corrected chi connectivity index (χ3v) is 6.07. The van der Waals surface area contributed by atoms with Crippen LogP contribution in [0.5, 0.6) is 5.75 Å². The third kappa shape index (κ3) is 5.25. The van der Waals surface area contributed by atoms with Crippen molar-refractivity contribution in [1.82, 2.24) is 4.90 Å². The van der Waals surface area contributed by atoms with Gasteiger partial charge in [0.25, 0.3) is 5.91 Å². The standard InChI is InChI=1S/C22H22BrNO2S2/c1-14(2)12-24-21(25)20(28-22(24)27)11-17-10-18(23)8-9-19(17)26-13-16-6-4-15(3)5-7-16/h4-11,14H,12-13H2,1-3H3/b20-11-. The predicted molar refractivity (Wildman–Crippen MR) is 124 cm³/mol. The maximum Gasteiger partial charge on any atom is 0.266 e. The Labute approximate surface area is 184 Å². The maximum atomic E-state index is 12.8. The Morgan fingerprint density at radius 3 is 2.61 bits per heavy atom. The van der Waals surface area contributed by atoms with Crippen molar-refractivity contribution in [3.63, 3.8) is 0 Å². The van der Waals surface area contributed by atoms with Crippen molar-refractivity contribution in [2.75, 3.05) is 6.54 Å². The van der Waals surface area contributed by atoms with Gasteiger partial charge in [0.05, 0.1) is 4.91 Å². The van der Waals surface area contributed by atoms with E-state index in [4.69, 9.17) is 17.0 Å². The van der Waals surface area contributed by atoms with Crippen molar-refractivity contribution in [2.45, 2.75) is 27.4 Å². The molecule has 3 nitrogen and oxygen atoms in total. The van der Waals surface area contributed by atoms with Gasteiger partial charge in [-0.15, -0.1) is 0 Å². The number of carbonyl (C=O) groups is 1. The fourth-order valence-electron chi connectivity index (χ4n) is 2.77. The molecule has 2 aromatic rings. The Morgan fingerprint density at radius 1 is 1.21 bits per heavy atom. The average Bonchev–Trinajstić information content (AvgIpc) is 2.89. The summed E-state index contributed by atoms with van der Waals surface area (Å²) in [5, 5.41) is 0. The molecule has 0 unspecified atom stereocenters. The molecular formula is C22H22BrNO2S2. The lowest BCUT2D eigenvalue weighted by molar-refractivity contribution is -0.122. The first-order valence-corrected chi connectivity index (χ1v) is 11.1. The maximum absolute atomic E-state index is 12.8. The molecule has 1 heterocycles. The summed E-state index contributed by atoms with van der Waals surface area (Å²) < 4.78 is 7.59. The summed E-state index contributed by atoms with van der Waals surface area (Å²) in [6, 6.07) is 14.1. The molecule has 1 fully saturated rings. The highest BCUT2D eigenvalue weighted by atomic mass is 79.9. The second-order valence-electron chi connectivity index (χ2n) is 7.14. The monoisotopic (exact) mass is 475 g/mol. The molecule has 6 heteroatoms. The predicted octanol–water partition coefficient (Wildman–Crippen LogP) is 6.19. The number of halogens is 1. The summed E-state index contributed by atoms with van der Waals surface area (Å²) in [5.41, 5.74) is 3.17. The Morgan fingerprint density at radius 2 is 1.93 bits per heavy atom. The normalized spacial score (nSPS) is 15.8. The molecule has 0 radical (unpaired) electrons. The van der Waals surface area contributed by atoms with Crippen molar-refractivity contribution >= 4 is 56.2 Å². The molecular weight excluding hydrogens is 454 g/mol. The Hall–Kier alpha value is -1.63. The molecule has 0 aliphatic carbocycles. The number of hydrogen-bond acceptors (Lipinski definition) is 4. The topological polar surface area (TPSA) is 29.5 Å². The summed E-state index contributed by atoms with van der Waals surface area (Å²) in [6.07, 6.45) is 1.87. The van der Waals surface area contributed by atoms with E-state index in [1.807, 2.05) is 24.3 Å². The summed E-state index contributed by atoms with van der Waals surface area (Å²) in [5.74, 6) is 1.06. The van der Waals surface area contributed by atoms with E-state index in [1.54, 1.807) is 4.90 Å². The Balaban J connectivity index is 1.82. The minimum Gasteiger partial charge on any atom is -0.488 e. The molecule has 0 aromatic heterocycles. The van der Waals surface area contributed by atoms with E-state index in [-0.39, 0.29) is 5.91 Å². The van der Waals surface area contributed by atoms with Gasteiger partial charge in [0, 0.05) is 16.6 Å². The van der Waals surface area contributed by atoms with Crippen molar-refractivity contribution in [3.8, 4) is 5.75 Å². The number of carbonyl (C=O) groups excluding carboxylic acids is 1. The first-order chi connectivity index (χ1) is 13.3. The van der Waals surface area contributed by atoms with E-state index < -0.39 is 0 Å². The van der Waals surface area contributed by atoms with Crippen LogP contribution in [0.1, 0.15) is 30.5 Å². The van der Waals surface area contributed by atoms with Gasteiger partial charge < -0.3 is 4.74 Å². The van der Waals surface area contributed by atoms with Gasteiger partial charge in [-0.3, -0.25) is 9.69 Å². The fourth-order valence-corrected chi connectivity index (χ4v) is 4.42. The van der Waals surface area contributed by atoms with Crippen LogP contribution in [0.2, 0.25) is 0 Å². The lowest BCUT2D eigenvalue weighted by Gasteiger charge is -2.16. The van der Waals surface area contributed by atoms with Crippen LogP contribution in [0.15, 0.2) is 51.8 Å². The van der Waals surface area contributed by atoms with Gasteiger partial charge >= 0.3 is 0 Å². The van der Waals surface area contributed by atoms with Gasteiger partial charge in [-0.2, -0.15) is 0 Å². The lowest BCUT2D eigenvalue weighted by Crippen LogP contribution is -2.31. The van der Waals surface area contributed by atoms with E-state index in [9.17, 15) is 4.79 Å². The molecule has 0 spiro atoms. The minimum absolute atomic E-state index is 0.0341. The SMILES string of the molecule is Cc1ccc(COc2ccc(Br)cc2/C=C2\SC(=S)N(CC(C)C)C2=O)cc1. The molecule has 146 valence electrons. The molecule has 3 rings (SSSR count). The van der Waals surface area contributed by atoms with E-state index >= 15 is 0 Å².